The van der Waals surface area contributed by atoms with Crippen molar-refractivity contribution in [3.05, 3.63) is 63.3 Å². The van der Waals surface area contributed by atoms with E-state index in [2.05, 4.69) is 4.98 Å². The van der Waals surface area contributed by atoms with Gasteiger partial charge in [0.1, 0.15) is 11.3 Å². The Hall–Kier alpha value is -2.92. The third-order valence-corrected chi connectivity index (χ3v) is 4.62. The first-order chi connectivity index (χ1) is 12.0. The summed E-state index contributed by atoms with van der Waals surface area (Å²) in [4.78, 5) is 16.3. The van der Waals surface area contributed by atoms with Crippen molar-refractivity contribution in [2.24, 2.45) is 0 Å². The molecule has 1 N–H and O–H groups in total. The molecule has 0 bridgehead atoms. The second-order valence-corrected chi connectivity index (χ2v) is 6.29. The Bertz CT molecular complexity index is 1180. The van der Waals surface area contributed by atoms with E-state index in [1.807, 2.05) is 39.0 Å². The zero-order valence-corrected chi connectivity index (χ0v) is 14.2. The van der Waals surface area contributed by atoms with Crippen molar-refractivity contribution in [2.45, 2.75) is 27.4 Å². The van der Waals surface area contributed by atoms with E-state index in [9.17, 15) is 9.90 Å². The summed E-state index contributed by atoms with van der Waals surface area (Å²) in [5, 5.41) is 11.2. The van der Waals surface area contributed by atoms with Crippen molar-refractivity contribution in [3.63, 3.8) is 0 Å². The number of hydrogen-bond donors (Lipinski definition) is 1. The number of rotatable bonds is 2. The molecule has 0 amide bonds. The van der Waals surface area contributed by atoms with Crippen LogP contribution in [-0.4, -0.2) is 10.1 Å². The SMILES string of the molecule is Cc1cc2oc(=O)cc(-c3cc4c(CO)cnc(C)c4o3)c2cc1C. The Morgan fingerprint density at radius 3 is 2.52 bits per heavy atom. The molecule has 0 unspecified atom stereocenters. The van der Waals surface area contributed by atoms with Gasteiger partial charge in [0.05, 0.1) is 12.3 Å². The molecule has 5 nitrogen and oxygen atoms in total. The lowest BCUT2D eigenvalue weighted by Gasteiger charge is -2.06. The van der Waals surface area contributed by atoms with Crippen molar-refractivity contribution >= 4 is 21.9 Å². The Morgan fingerprint density at radius 1 is 1.00 bits per heavy atom. The number of aryl methyl sites for hydroxylation is 3. The number of nitrogens with zero attached hydrogens (tertiary/aromatic N) is 1. The summed E-state index contributed by atoms with van der Waals surface area (Å²) in [5.41, 5.74) is 4.98. The van der Waals surface area contributed by atoms with Crippen molar-refractivity contribution in [1.29, 1.82) is 0 Å². The average molecular weight is 335 g/mol. The molecule has 0 saturated heterocycles. The van der Waals surface area contributed by atoms with Gasteiger partial charge in [-0.3, -0.25) is 4.98 Å². The van der Waals surface area contributed by atoms with E-state index < -0.39 is 5.63 Å². The molecule has 1 aromatic carbocycles. The molecule has 4 aromatic rings. The fourth-order valence-corrected chi connectivity index (χ4v) is 3.08. The second kappa shape index (κ2) is 5.57. The maximum absolute atomic E-state index is 12.0. The van der Waals surface area contributed by atoms with E-state index >= 15 is 0 Å². The van der Waals surface area contributed by atoms with Gasteiger partial charge in [-0.15, -0.1) is 0 Å². The minimum Gasteiger partial charge on any atom is -0.454 e. The summed E-state index contributed by atoms with van der Waals surface area (Å²) < 4.78 is 11.4. The van der Waals surface area contributed by atoms with E-state index in [1.165, 1.54) is 6.07 Å². The van der Waals surface area contributed by atoms with Gasteiger partial charge in [-0.25, -0.2) is 4.79 Å². The summed E-state index contributed by atoms with van der Waals surface area (Å²) in [6, 6.07) is 7.15. The number of pyridine rings is 1. The molecule has 3 heterocycles. The number of aliphatic hydroxyl groups is 1. The van der Waals surface area contributed by atoms with Gasteiger partial charge in [0.2, 0.25) is 0 Å². The minimum absolute atomic E-state index is 0.126. The van der Waals surface area contributed by atoms with Gasteiger partial charge in [0.25, 0.3) is 0 Å². The first-order valence-electron chi connectivity index (χ1n) is 8.02. The Balaban J connectivity index is 2.08. The maximum Gasteiger partial charge on any atom is 0.336 e. The van der Waals surface area contributed by atoms with Crippen LogP contribution < -0.4 is 5.63 Å². The molecular weight excluding hydrogens is 318 g/mol. The van der Waals surface area contributed by atoms with Crippen LogP contribution in [0.1, 0.15) is 22.4 Å². The van der Waals surface area contributed by atoms with Crippen molar-refractivity contribution < 1.29 is 13.9 Å². The van der Waals surface area contributed by atoms with E-state index in [0.29, 0.717) is 28.1 Å². The molecule has 0 aliphatic heterocycles. The van der Waals surface area contributed by atoms with Gasteiger partial charge in [0, 0.05) is 34.2 Å². The van der Waals surface area contributed by atoms with Crippen molar-refractivity contribution in [2.75, 3.05) is 0 Å². The Kier molecular flexibility index (Phi) is 3.47. The number of aliphatic hydroxyl groups excluding tert-OH is 1. The minimum atomic E-state index is -0.427. The number of furan rings is 1. The van der Waals surface area contributed by atoms with Crippen LogP contribution in [0.2, 0.25) is 0 Å². The summed E-state index contributed by atoms with van der Waals surface area (Å²) in [5.74, 6) is 0.557. The van der Waals surface area contributed by atoms with Crippen LogP contribution in [0.15, 0.2) is 44.1 Å². The van der Waals surface area contributed by atoms with Crippen molar-refractivity contribution in [3.8, 4) is 11.3 Å². The molecule has 0 aliphatic rings. The molecule has 0 aliphatic carbocycles. The monoisotopic (exact) mass is 335 g/mol. The highest BCUT2D eigenvalue weighted by Gasteiger charge is 2.16. The quantitative estimate of drug-likeness (QED) is 0.560. The molecule has 3 aromatic heterocycles. The topological polar surface area (TPSA) is 76.5 Å². The zero-order valence-electron chi connectivity index (χ0n) is 14.2. The Labute approximate surface area is 143 Å². The van der Waals surface area contributed by atoms with Gasteiger partial charge in [-0.05, 0) is 50.1 Å². The number of fused-ring (bicyclic) bond motifs is 2. The normalized spacial score (nSPS) is 11.5. The summed E-state index contributed by atoms with van der Waals surface area (Å²) in [6.45, 7) is 5.71. The summed E-state index contributed by atoms with van der Waals surface area (Å²) >= 11 is 0. The molecule has 126 valence electrons. The van der Waals surface area contributed by atoms with Gasteiger partial charge in [0.15, 0.2) is 5.58 Å². The van der Waals surface area contributed by atoms with Crippen LogP contribution in [-0.2, 0) is 6.61 Å². The van der Waals surface area contributed by atoms with Crippen LogP contribution in [0.4, 0.5) is 0 Å². The third-order valence-electron chi connectivity index (χ3n) is 4.62. The highest BCUT2D eigenvalue weighted by Crippen LogP contribution is 2.35. The lowest BCUT2D eigenvalue weighted by atomic mass is 10.0. The summed E-state index contributed by atoms with van der Waals surface area (Å²) in [7, 11) is 0. The molecule has 5 heteroatoms. The molecule has 0 atom stereocenters. The predicted molar refractivity (Wildman–Crippen MR) is 95.6 cm³/mol. The lowest BCUT2D eigenvalue weighted by Crippen LogP contribution is -1.98. The fraction of sp³-hybridized carbons (Fsp3) is 0.200. The maximum atomic E-state index is 12.0. The second-order valence-electron chi connectivity index (χ2n) is 6.29. The lowest BCUT2D eigenvalue weighted by molar-refractivity contribution is 0.283. The average Bonchev–Trinajstić information content (AvgIpc) is 3.02. The fourth-order valence-electron chi connectivity index (χ4n) is 3.08. The van der Waals surface area contributed by atoms with Gasteiger partial charge in [-0.1, -0.05) is 0 Å². The van der Waals surface area contributed by atoms with E-state index in [-0.39, 0.29) is 6.61 Å². The predicted octanol–water partition coefficient (Wildman–Crippen LogP) is 4.02. The first-order valence-corrected chi connectivity index (χ1v) is 8.02. The van der Waals surface area contributed by atoms with Crippen LogP contribution in [0.25, 0.3) is 33.3 Å². The number of hydrogen-bond acceptors (Lipinski definition) is 5. The van der Waals surface area contributed by atoms with E-state index in [1.54, 1.807) is 6.20 Å². The zero-order chi connectivity index (χ0) is 17.7. The van der Waals surface area contributed by atoms with E-state index in [0.717, 1.165) is 27.6 Å². The molecule has 0 fully saturated rings. The first kappa shape index (κ1) is 15.6. The number of benzene rings is 1. The number of aromatic nitrogens is 1. The molecule has 0 spiro atoms. The third kappa shape index (κ3) is 2.44. The smallest absolute Gasteiger partial charge is 0.336 e. The highest BCUT2D eigenvalue weighted by molar-refractivity contribution is 5.96. The summed E-state index contributed by atoms with van der Waals surface area (Å²) in [6.07, 6.45) is 1.64. The Morgan fingerprint density at radius 2 is 1.76 bits per heavy atom. The van der Waals surface area contributed by atoms with Gasteiger partial charge in [-0.2, -0.15) is 0 Å². The molecule has 4 rings (SSSR count). The van der Waals surface area contributed by atoms with Crippen LogP contribution >= 0.6 is 0 Å². The molecular formula is C20H17NO4. The highest BCUT2D eigenvalue weighted by atomic mass is 16.4. The van der Waals surface area contributed by atoms with Gasteiger partial charge >= 0.3 is 5.63 Å². The van der Waals surface area contributed by atoms with Gasteiger partial charge < -0.3 is 13.9 Å². The van der Waals surface area contributed by atoms with Crippen LogP contribution in [0.3, 0.4) is 0 Å². The molecule has 0 radical (unpaired) electrons. The van der Waals surface area contributed by atoms with Crippen LogP contribution in [0.5, 0.6) is 0 Å². The van der Waals surface area contributed by atoms with Crippen molar-refractivity contribution in [1.82, 2.24) is 4.98 Å². The van der Waals surface area contributed by atoms with E-state index in [4.69, 9.17) is 8.83 Å². The molecule has 0 saturated carbocycles. The molecule has 25 heavy (non-hydrogen) atoms. The standard InChI is InChI=1S/C20H17NO4/c1-10-4-15-16(7-19(23)24-17(15)5-11(10)2)18-6-14-13(9-22)8-21-12(3)20(14)25-18/h4-8,22H,9H2,1-3H3. The van der Waals surface area contributed by atoms with Crippen LogP contribution in [0, 0.1) is 20.8 Å². The largest absolute Gasteiger partial charge is 0.454 e.